The molecule has 0 saturated heterocycles. The van der Waals surface area contributed by atoms with E-state index in [1.165, 1.54) is 37.4 Å². The molecular weight excluding hydrogens is 320 g/mol. The highest BCUT2D eigenvalue weighted by molar-refractivity contribution is 7.92. The van der Waals surface area contributed by atoms with Crippen LogP contribution in [0.1, 0.15) is 5.56 Å². The number of rotatable bonds is 4. The molecule has 110 valence electrons. The molecule has 0 spiro atoms. The molecule has 0 amide bonds. The van der Waals surface area contributed by atoms with Gasteiger partial charge in [-0.3, -0.25) is 14.8 Å². The molecule has 1 N–H and O–H groups in total. The quantitative estimate of drug-likeness (QED) is 0.522. The maximum Gasteiger partial charge on any atom is 0.273 e. The number of nitro groups is 1. The number of halogens is 1. The summed E-state index contributed by atoms with van der Waals surface area (Å²) < 4.78 is 26.7. The molecule has 0 aliphatic rings. The van der Waals surface area contributed by atoms with Crippen LogP contribution in [0.5, 0.6) is 0 Å². The maximum absolute atomic E-state index is 12.3. The Balaban J connectivity index is 2.45. The number of hydrogen-bond donors (Lipinski definition) is 1. The van der Waals surface area contributed by atoms with Crippen molar-refractivity contribution in [1.82, 2.24) is 9.97 Å². The number of sulfonamides is 1. The van der Waals surface area contributed by atoms with Gasteiger partial charge in [-0.1, -0.05) is 6.07 Å². The van der Waals surface area contributed by atoms with Gasteiger partial charge in [0.05, 0.1) is 9.82 Å². The molecular formula is C11H9ClN4O4S. The summed E-state index contributed by atoms with van der Waals surface area (Å²) in [6.45, 7) is 1.36. The van der Waals surface area contributed by atoms with Gasteiger partial charge >= 0.3 is 0 Å². The zero-order valence-electron chi connectivity index (χ0n) is 10.6. The third-order valence-electron chi connectivity index (χ3n) is 2.61. The monoisotopic (exact) mass is 328 g/mol. The molecule has 1 aromatic carbocycles. The summed E-state index contributed by atoms with van der Waals surface area (Å²) in [4.78, 5) is 17.3. The van der Waals surface area contributed by atoms with Gasteiger partial charge in [0.15, 0.2) is 0 Å². The van der Waals surface area contributed by atoms with Crippen LogP contribution in [0.15, 0.2) is 35.4 Å². The second-order valence-corrected chi connectivity index (χ2v) is 5.96. The first-order valence-corrected chi connectivity index (χ1v) is 7.43. The molecule has 1 aromatic heterocycles. The molecule has 2 aromatic rings. The van der Waals surface area contributed by atoms with Crippen molar-refractivity contribution in [2.75, 3.05) is 4.72 Å². The van der Waals surface area contributed by atoms with Gasteiger partial charge in [0, 0.05) is 17.8 Å². The maximum atomic E-state index is 12.3. The molecule has 0 unspecified atom stereocenters. The van der Waals surface area contributed by atoms with Crippen LogP contribution in [-0.4, -0.2) is 23.3 Å². The van der Waals surface area contributed by atoms with Crippen LogP contribution in [0.2, 0.25) is 5.28 Å². The van der Waals surface area contributed by atoms with E-state index in [2.05, 4.69) is 14.7 Å². The molecule has 0 aliphatic heterocycles. The zero-order valence-corrected chi connectivity index (χ0v) is 12.2. The number of hydrogen-bond acceptors (Lipinski definition) is 6. The van der Waals surface area contributed by atoms with Crippen LogP contribution < -0.4 is 4.72 Å². The van der Waals surface area contributed by atoms with E-state index in [1.807, 2.05) is 0 Å². The SMILES string of the molecule is Cc1c([N+](=O)[O-])cccc1S(=O)(=O)Nc1ccnc(Cl)n1. The molecule has 8 nitrogen and oxygen atoms in total. The van der Waals surface area contributed by atoms with E-state index in [1.54, 1.807) is 0 Å². The zero-order chi connectivity index (χ0) is 15.6. The topological polar surface area (TPSA) is 115 Å². The van der Waals surface area contributed by atoms with E-state index in [-0.39, 0.29) is 27.2 Å². The average molecular weight is 329 g/mol. The van der Waals surface area contributed by atoms with E-state index >= 15 is 0 Å². The van der Waals surface area contributed by atoms with Crippen LogP contribution in [0.25, 0.3) is 0 Å². The highest BCUT2D eigenvalue weighted by Gasteiger charge is 2.23. The molecule has 0 bridgehead atoms. The van der Waals surface area contributed by atoms with Crippen molar-refractivity contribution in [2.45, 2.75) is 11.8 Å². The summed E-state index contributed by atoms with van der Waals surface area (Å²) in [6.07, 6.45) is 1.29. The summed E-state index contributed by atoms with van der Waals surface area (Å²) >= 11 is 5.57. The largest absolute Gasteiger partial charge is 0.273 e. The van der Waals surface area contributed by atoms with Crippen molar-refractivity contribution in [3.8, 4) is 0 Å². The lowest BCUT2D eigenvalue weighted by atomic mass is 10.2. The minimum atomic E-state index is -4.02. The standard InChI is InChI=1S/C11H9ClN4O4S/c1-7-8(16(17)18)3-2-4-9(7)21(19,20)15-10-5-6-13-11(12)14-10/h2-6H,1H3,(H,13,14,15). The van der Waals surface area contributed by atoms with Crippen LogP contribution >= 0.6 is 11.6 Å². The van der Waals surface area contributed by atoms with Crippen LogP contribution in [0, 0.1) is 17.0 Å². The van der Waals surface area contributed by atoms with Crippen LogP contribution in [0.3, 0.4) is 0 Å². The normalized spacial score (nSPS) is 11.1. The number of benzene rings is 1. The Morgan fingerprint density at radius 3 is 2.67 bits per heavy atom. The number of nitrogens with one attached hydrogen (secondary N) is 1. The molecule has 1 heterocycles. The first-order chi connectivity index (χ1) is 9.81. The number of nitro benzene ring substituents is 1. The van der Waals surface area contributed by atoms with Crippen molar-refractivity contribution in [3.63, 3.8) is 0 Å². The summed E-state index contributed by atoms with van der Waals surface area (Å²) in [5.74, 6) is -0.0269. The van der Waals surface area contributed by atoms with Gasteiger partial charge in [0.25, 0.3) is 15.7 Å². The minimum Gasteiger partial charge on any atom is -0.263 e. The van der Waals surface area contributed by atoms with Gasteiger partial charge in [0.1, 0.15) is 5.82 Å². The highest BCUT2D eigenvalue weighted by atomic mass is 35.5. The second kappa shape index (κ2) is 5.62. The Labute approximate surface area is 125 Å². The summed E-state index contributed by atoms with van der Waals surface area (Å²) in [7, 11) is -4.02. The van der Waals surface area contributed by atoms with Gasteiger partial charge < -0.3 is 0 Å². The smallest absolute Gasteiger partial charge is 0.263 e. The molecule has 0 saturated carbocycles. The van der Waals surface area contributed by atoms with Gasteiger partial charge in [-0.25, -0.2) is 13.4 Å². The minimum absolute atomic E-state index is 0.0269. The third kappa shape index (κ3) is 3.26. The Bertz CT molecular complexity index is 810. The fourth-order valence-electron chi connectivity index (χ4n) is 1.68. The predicted molar refractivity (Wildman–Crippen MR) is 75.7 cm³/mol. The number of aromatic nitrogens is 2. The fraction of sp³-hybridized carbons (Fsp3) is 0.0909. The Kier molecular flexibility index (Phi) is 4.05. The summed E-state index contributed by atoms with van der Waals surface area (Å²) in [5, 5.41) is 10.7. The Hall–Kier alpha value is -2.26. The van der Waals surface area contributed by atoms with Gasteiger partial charge in [0.2, 0.25) is 5.28 Å². The van der Waals surface area contributed by atoms with Crippen molar-refractivity contribution >= 4 is 33.1 Å². The first-order valence-electron chi connectivity index (χ1n) is 5.56. The second-order valence-electron chi connectivity index (χ2n) is 3.97. The lowest BCUT2D eigenvalue weighted by Crippen LogP contribution is -2.15. The molecule has 0 fully saturated rings. The lowest BCUT2D eigenvalue weighted by molar-refractivity contribution is -0.385. The van der Waals surface area contributed by atoms with Crippen molar-refractivity contribution in [1.29, 1.82) is 0 Å². The number of nitrogens with zero attached hydrogens (tertiary/aromatic N) is 3. The van der Waals surface area contributed by atoms with Crippen molar-refractivity contribution in [2.24, 2.45) is 0 Å². The lowest BCUT2D eigenvalue weighted by Gasteiger charge is -2.09. The Morgan fingerprint density at radius 2 is 2.05 bits per heavy atom. The van der Waals surface area contributed by atoms with E-state index in [0.29, 0.717) is 0 Å². The number of anilines is 1. The predicted octanol–water partition coefficient (Wildman–Crippen LogP) is 2.15. The van der Waals surface area contributed by atoms with Gasteiger partial charge in [-0.15, -0.1) is 0 Å². The molecule has 0 radical (unpaired) electrons. The van der Waals surface area contributed by atoms with E-state index in [4.69, 9.17) is 11.6 Å². The molecule has 21 heavy (non-hydrogen) atoms. The van der Waals surface area contributed by atoms with Crippen molar-refractivity contribution < 1.29 is 13.3 Å². The Morgan fingerprint density at radius 1 is 1.33 bits per heavy atom. The molecule has 0 atom stereocenters. The summed E-state index contributed by atoms with van der Waals surface area (Å²) in [5.41, 5.74) is -0.242. The van der Waals surface area contributed by atoms with Crippen LogP contribution in [0.4, 0.5) is 11.5 Å². The first kappa shape index (κ1) is 15.1. The van der Waals surface area contributed by atoms with E-state index in [9.17, 15) is 18.5 Å². The third-order valence-corrected chi connectivity index (χ3v) is 4.29. The van der Waals surface area contributed by atoms with Crippen molar-refractivity contribution in [3.05, 3.63) is 51.4 Å². The molecule has 0 aliphatic carbocycles. The van der Waals surface area contributed by atoms with E-state index < -0.39 is 14.9 Å². The highest BCUT2D eigenvalue weighted by Crippen LogP contribution is 2.26. The van der Waals surface area contributed by atoms with Crippen LogP contribution in [-0.2, 0) is 10.0 Å². The van der Waals surface area contributed by atoms with Gasteiger partial charge in [-0.05, 0) is 30.7 Å². The fourth-order valence-corrected chi connectivity index (χ4v) is 3.09. The molecule has 10 heteroatoms. The van der Waals surface area contributed by atoms with Gasteiger partial charge in [-0.2, -0.15) is 4.98 Å². The van der Waals surface area contributed by atoms with E-state index in [0.717, 1.165) is 0 Å². The molecule has 2 rings (SSSR count). The average Bonchev–Trinajstić information content (AvgIpc) is 2.37. The summed E-state index contributed by atoms with van der Waals surface area (Å²) in [6, 6.07) is 5.12.